The number of carbonyl (C=O) groups excluding carboxylic acids is 2. The van der Waals surface area contributed by atoms with Gasteiger partial charge < -0.3 is 26.2 Å². The molecule has 13 heteroatoms. The van der Waals surface area contributed by atoms with Gasteiger partial charge in [-0.25, -0.2) is 19.2 Å². The minimum Gasteiger partial charge on any atom is -0.367 e. The van der Waals surface area contributed by atoms with Crippen LogP contribution in [0.5, 0.6) is 0 Å². The second-order valence-electron chi connectivity index (χ2n) is 10.0. The van der Waals surface area contributed by atoms with E-state index >= 15 is 0 Å². The van der Waals surface area contributed by atoms with E-state index in [9.17, 15) is 18.4 Å². The Labute approximate surface area is 209 Å². The fourth-order valence-electron chi connectivity index (χ4n) is 5.49. The van der Waals surface area contributed by atoms with Crippen molar-refractivity contribution in [3.63, 3.8) is 0 Å². The SMILES string of the molecule is NC1NN2CC(F)CNC2C1C(=O)Nc1cncc(F)c1N1CCC(C(=O)NCCN2CCC2)CC1. The van der Waals surface area contributed by atoms with Gasteiger partial charge in [0.1, 0.15) is 11.9 Å². The summed E-state index contributed by atoms with van der Waals surface area (Å²) in [5.74, 6) is -1.74. The molecule has 5 rings (SSSR count). The molecule has 0 aliphatic carbocycles. The summed E-state index contributed by atoms with van der Waals surface area (Å²) in [4.78, 5) is 33.9. The predicted octanol–water partition coefficient (Wildman–Crippen LogP) is -0.814. The molecule has 4 saturated heterocycles. The van der Waals surface area contributed by atoms with Crippen LogP contribution in [0.25, 0.3) is 0 Å². The lowest BCUT2D eigenvalue weighted by Crippen LogP contribution is -2.58. The summed E-state index contributed by atoms with van der Waals surface area (Å²) in [6, 6.07) is 0. The van der Waals surface area contributed by atoms with E-state index in [1.807, 2.05) is 4.90 Å². The summed E-state index contributed by atoms with van der Waals surface area (Å²) in [5.41, 5.74) is 9.59. The molecule has 1 aromatic heterocycles. The van der Waals surface area contributed by atoms with Crippen LogP contribution in [0.4, 0.5) is 20.2 Å². The smallest absolute Gasteiger partial charge is 0.233 e. The predicted molar refractivity (Wildman–Crippen MR) is 130 cm³/mol. The molecule has 4 aliphatic rings. The number of amides is 2. The molecule has 4 unspecified atom stereocenters. The molecule has 2 amide bonds. The van der Waals surface area contributed by atoms with Crippen molar-refractivity contribution in [2.75, 3.05) is 62.6 Å². The molecule has 5 heterocycles. The van der Waals surface area contributed by atoms with Crippen LogP contribution in [0.15, 0.2) is 12.4 Å². The number of fused-ring (bicyclic) bond motifs is 1. The number of carbonyl (C=O) groups is 2. The number of pyridine rings is 1. The Morgan fingerprint density at radius 2 is 1.94 bits per heavy atom. The summed E-state index contributed by atoms with van der Waals surface area (Å²) in [7, 11) is 0. The second kappa shape index (κ2) is 10.9. The first-order chi connectivity index (χ1) is 17.4. The Morgan fingerprint density at radius 1 is 1.17 bits per heavy atom. The number of rotatable bonds is 7. The molecule has 0 aromatic carbocycles. The number of nitrogens with one attached hydrogen (secondary N) is 4. The third-order valence-corrected chi connectivity index (χ3v) is 7.61. The highest BCUT2D eigenvalue weighted by molar-refractivity contribution is 5.96. The molecule has 0 radical (unpaired) electrons. The number of piperidine rings is 1. The molecule has 6 N–H and O–H groups in total. The summed E-state index contributed by atoms with van der Waals surface area (Å²) >= 11 is 0. The quantitative estimate of drug-likeness (QED) is 0.322. The van der Waals surface area contributed by atoms with Crippen molar-refractivity contribution in [1.82, 2.24) is 31.0 Å². The minimum absolute atomic E-state index is 0.0432. The van der Waals surface area contributed by atoms with Crippen LogP contribution in [-0.2, 0) is 9.59 Å². The zero-order chi connectivity index (χ0) is 25.2. The highest BCUT2D eigenvalue weighted by Gasteiger charge is 2.47. The third-order valence-electron chi connectivity index (χ3n) is 7.61. The van der Waals surface area contributed by atoms with Crippen LogP contribution in [0, 0.1) is 17.7 Å². The Bertz CT molecular complexity index is 958. The van der Waals surface area contributed by atoms with Crippen molar-refractivity contribution in [3.8, 4) is 0 Å². The van der Waals surface area contributed by atoms with Gasteiger partial charge in [0.05, 0.1) is 36.3 Å². The molecule has 1 aromatic rings. The molecule has 4 aliphatic heterocycles. The number of hydrazine groups is 1. The first-order valence-corrected chi connectivity index (χ1v) is 12.8. The summed E-state index contributed by atoms with van der Waals surface area (Å²) in [6.45, 7) is 4.94. The maximum atomic E-state index is 14.9. The number of hydrogen-bond donors (Lipinski definition) is 5. The zero-order valence-corrected chi connectivity index (χ0v) is 20.3. The van der Waals surface area contributed by atoms with E-state index in [0.717, 1.165) is 25.8 Å². The number of likely N-dealkylation sites (tertiary alicyclic amines) is 1. The molecule has 0 spiro atoms. The van der Waals surface area contributed by atoms with Gasteiger partial charge in [0.15, 0.2) is 5.82 Å². The zero-order valence-electron chi connectivity index (χ0n) is 20.3. The van der Waals surface area contributed by atoms with Crippen LogP contribution in [-0.4, -0.2) is 97.6 Å². The average molecular weight is 508 g/mol. The Morgan fingerprint density at radius 3 is 2.67 bits per heavy atom. The fraction of sp³-hybridized carbons (Fsp3) is 0.696. The van der Waals surface area contributed by atoms with Crippen molar-refractivity contribution >= 4 is 23.2 Å². The van der Waals surface area contributed by atoms with Gasteiger partial charge in [-0.05, 0) is 32.4 Å². The van der Waals surface area contributed by atoms with Gasteiger partial charge in [-0.15, -0.1) is 0 Å². The van der Waals surface area contributed by atoms with Crippen molar-refractivity contribution in [2.45, 2.75) is 37.8 Å². The molecular formula is C23H35F2N9O2. The van der Waals surface area contributed by atoms with Crippen LogP contribution >= 0.6 is 0 Å². The average Bonchev–Trinajstić information content (AvgIpc) is 3.15. The lowest BCUT2D eigenvalue weighted by Gasteiger charge is -2.35. The van der Waals surface area contributed by atoms with Gasteiger partial charge in [-0.1, -0.05) is 0 Å². The van der Waals surface area contributed by atoms with Crippen molar-refractivity contribution < 1.29 is 18.4 Å². The normalized spacial score (nSPS) is 29.5. The van der Waals surface area contributed by atoms with Gasteiger partial charge in [0, 0.05) is 45.2 Å². The van der Waals surface area contributed by atoms with E-state index in [0.29, 0.717) is 32.5 Å². The number of nitrogens with zero attached hydrogens (tertiary/aromatic N) is 4. The first kappa shape index (κ1) is 25.2. The van der Waals surface area contributed by atoms with E-state index in [1.54, 1.807) is 5.01 Å². The molecule has 4 fully saturated rings. The Kier molecular flexibility index (Phi) is 7.62. The molecule has 11 nitrogen and oxygen atoms in total. The van der Waals surface area contributed by atoms with Gasteiger partial charge >= 0.3 is 0 Å². The fourth-order valence-corrected chi connectivity index (χ4v) is 5.49. The molecular weight excluding hydrogens is 472 g/mol. The van der Waals surface area contributed by atoms with Gasteiger partial charge in [0.25, 0.3) is 0 Å². The van der Waals surface area contributed by atoms with E-state index < -0.39 is 36.1 Å². The molecule has 4 atom stereocenters. The molecule has 36 heavy (non-hydrogen) atoms. The number of anilines is 2. The van der Waals surface area contributed by atoms with Crippen LogP contribution in [0.3, 0.4) is 0 Å². The van der Waals surface area contributed by atoms with Gasteiger partial charge in [-0.2, -0.15) is 0 Å². The minimum atomic E-state index is -1.06. The van der Waals surface area contributed by atoms with E-state index in [-0.39, 0.29) is 36.3 Å². The summed E-state index contributed by atoms with van der Waals surface area (Å²) < 4.78 is 28.7. The highest BCUT2D eigenvalue weighted by Crippen LogP contribution is 2.33. The second-order valence-corrected chi connectivity index (χ2v) is 10.0. The number of alkyl halides is 1. The number of nitrogens with two attached hydrogens (primary N) is 1. The third kappa shape index (κ3) is 5.30. The maximum absolute atomic E-state index is 14.9. The first-order valence-electron chi connectivity index (χ1n) is 12.8. The number of hydrogen-bond acceptors (Lipinski definition) is 9. The maximum Gasteiger partial charge on any atom is 0.233 e. The van der Waals surface area contributed by atoms with E-state index in [4.69, 9.17) is 5.73 Å². The highest BCUT2D eigenvalue weighted by atomic mass is 19.1. The number of halogens is 2. The van der Waals surface area contributed by atoms with Gasteiger partial charge in [-0.3, -0.25) is 19.9 Å². The Balaban J connectivity index is 1.19. The summed E-state index contributed by atoms with van der Waals surface area (Å²) in [6.07, 6.45) is 2.70. The van der Waals surface area contributed by atoms with Crippen LogP contribution < -0.4 is 32.0 Å². The van der Waals surface area contributed by atoms with Crippen molar-refractivity contribution in [1.29, 1.82) is 0 Å². The van der Waals surface area contributed by atoms with Crippen molar-refractivity contribution in [3.05, 3.63) is 18.2 Å². The lowest BCUT2D eigenvalue weighted by atomic mass is 9.95. The van der Waals surface area contributed by atoms with E-state index in [2.05, 4.69) is 31.3 Å². The number of aromatic nitrogens is 1. The van der Waals surface area contributed by atoms with Crippen LogP contribution in [0.1, 0.15) is 19.3 Å². The topological polar surface area (TPSA) is 131 Å². The van der Waals surface area contributed by atoms with Crippen LogP contribution in [0.2, 0.25) is 0 Å². The largest absolute Gasteiger partial charge is 0.367 e. The van der Waals surface area contributed by atoms with Crippen molar-refractivity contribution in [2.24, 2.45) is 17.6 Å². The lowest BCUT2D eigenvalue weighted by molar-refractivity contribution is -0.125. The molecule has 0 saturated carbocycles. The molecule has 198 valence electrons. The monoisotopic (exact) mass is 507 g/mol. The van der Waals surface area contributed by atoms with E-state index in [1.165, 1.54) is 12.6 Å². The summed E-state index contributed by atoms with van der Waals surface area (Å²) in [5, 5.41) is 10.4. The standard InChI is InChI=1S/C23H35F2N9O2/c24-15-10-29-21-18(20(26)31-34(21)13-15)23(36)30-17-12-27-11-16(25)19(17)33-7-2-14(3-8-33)22(35)28-4-9-32-5-1-6-32/h11-12,14-15,18,20-21,29,31H,1-10,13,26H2,(H,28,35)(H,30,36). The Hall–Kier alpha value is -2.45. The van der Waals surface area contributed by atoms with Gasteiger partial charge in [0.2, 0.25) is 11.8 Å². The molecule has 0 bridgehead atoms.